The molecular formula is C11H16N2O. The van der Waals surface area contributed by atoms with Crippen LogP contribution in [0.15, 0.2) is 24.3 Å². The molecule has 1 aliphatic rings. The van der Waals surface area contributed by atoms with Crippen molar-refractivity contribution < 1.29 is 5.11 Å². The zero-order valence-electron chi connectivity index (χ0n) is 8.19. The molecule has 0 saturated carbocycles. The van der Waals surface area contributed by atoms with E-state index < -0.39 is 0 Å². The van der Waals surface area contributed by atoms with Gasteiger partial charge in [-0.25, -0.2) is 0 Å². The highest BCUT2D eigenvalue weighted by molar-refractivity contribution is 5.54. The van der Waals surface area contributed by atoms with Crippen LogP contribution in [0.4, 0.5) is 5.69 Å². The second-order valence-corrected chi connectivity index (χ2v) is 3.72. The van der Waals surface area contributed by atoms with E-state index in [0.29, 0.717) is 6.54 Å². The van der Waals surface area contributed by atoms with Gasteiger partial charge in [-0.3, -0.25) is 0 Å². The third-order valence-corrected chi connectivity index (χ3v) is 2.72. The molecule has 2 rings (SSSR count). The minimum atomic E-state index is -0.180. The average molecular weight is 192 g/mol. The molecule has 1 fully saturated rings. The molecule has 14 heavy (non-hydrogen) atoms. The van der Waals surface area contributed by atoms with Gasteiger partial charge in [0.05, 0.1) is 6.10 Å². The smallest absolute Gasteiger partial charge is 0.0731 e. The summed E-state index contributed by atoms with van der Waals surface area (Å²) in [6, 6.07) is 8.12. The summed E-state index contributed by atoms with van der Waals surface area (Å²) < 4.78 is 0. The van der Waals surface area contributed by atoms with Gasteiger partial charge in [-0.2, -0.15) is 0 Å². The summed E-state index contributed by atoms with van der Waals surface area (Å²) in [5.74, 6) is 0. The van der Waals surface area contributed by atoms with Crippen LogP contribution in [0.3, 0.4) is 0 Å². The maximum atomic E-state index is 9.45. The molecule has 1 aliphatic heterocycles. The van der Waals surface area contributed by atoms with Crippen molar-refractivity contribution in [2.45, 2.75) is 19.1 Å². The van der Waals surface area contributed by atoms with Gasteiger partial charge in [-0.15, -0.1) is 0 Å². The number of hydrogen-bond acceptors (Lipinski definition) is 3. The molecule has 0 aromatic heterocycles. The number of rotatable bonds is 2. The second-order valence-electron chi connectivity index (χ2n) is 3.72. The Morgan fingerprint density at radius 3 is 2.86 bits per heavy atom. The fraction of sp³-hybridized carbons (Fsp3) is 0.455. The molecule has 0 unspecified atom stereocenters. The van der Waals surface area contributed by atoms with Crippen LogP contribution in [0.5, 0.6) is 0 Å². The first-order valence-electron chi connectivity index (χ1n) is 5.02. The van der Waals surface area contributed by atoms with Gasteiger partial charge in [-0.1, -0.05) is 18.2 Å². The van der Waals surface area contributed by atoms with Crippen LogP contribution in [0, 0.1) is 0 Å². The summed E-state index contributed by atoms with van der Waals surface area (Å²) in [5.41, 5.74) is 7.99. The molecule has 3 nitrogen and oxygen atoms in total. The Hall–Kier alpha value is -1.06. The standard InChI is InChI=1S/C11H16N2O/c12-7-9-3-1-2-4-11(9)13-6-5-10(14)8-13/h1-4,10,14H,5-8,12H2/t10-/m1/s1. The predicted molar refractivity (Wildman–Crippen MR) is 57.2 cm³/mol. The normalized spacial score (nSPS) is 21.6. The van der Waals surface area contributed by atoms with Crippen LogP contribution in [-0.2, 0) is 6.54 Å². The van der Waals surface area contributed by atoms with Crippen molar-refractivity contribution in [3.63, 3.8) is 0 Å². The number of β-amino-alcohol motifs (C(OH)–C–C–N with tert-alkyl or cyclic N) is 1. The Kier molecular flexibility index (Phi) is 2.70. The molecule has 0 amide bonds. The lowest BCUT2D eigenvalue weighted by atomic mass is 10.1. The molecule has 76 valence electrons. The third-order valence-electron chi connectivity index (χ3n) is 2.72. The number of anilines is 1. The number of nitrogens with two attached hydrogens (primary N) is 1. The molecule has 0 spiro atoms. The molecular weight excluding hydrogens is 176 g/mol. The quantitative estimate of drug-likeness (QED) is 0.725. The van der Waals surface area contributed by atoms with Gasteiger partial charge in [0.15, 0.2) is 0 Å². The first kappa shape index (κ1) is 9.49. The Bertz CT molecular complexity index is 314. The lowest BCUT2D eigenvalue weighted by Crippen LogP contribution is -2.22. The summed E-state index contributed by atoms with van der Waals surface area (Å²) >= 11 is 0. The molecule has 1 heterocycles. The Balaban J connectivity index is 2.22. The molecule has 0 aliphatic carbocycles. The van der Waals surface area contributed by atoms with E-state index in [1.54, 1.807) is 0 Å². The summed E-state index contributed by atoms with van der Waals surface area (Å²) in [6.07, 6.45) is 0.680. The number of hydrogen-bond donors (Lipinski definition) is 2. The predicted octanol–water partition coefficient (Wildman–Crippen LogP) is 0.716. The van der Waals surface area contributed by atoms with E-state index in [9.17, 15) is 5.11 Å². The number of nitrogens with zero attached hydrogens (tertiary/aromatic N) is 1. The van der Waals surface area contributed by atoms with E-state index in [1.165, 1.54) is 5.69 Å². The number of para-hydroxylation sites is 1. The first-order valence-corrected chi connectivity index (χ1v) is 5.02. The zero-order chi connectivity index (χ0) is 9.97. The van der Waals surface area contributed by atoms with Crippen molar-refractivity contribution in [2.75, 3.05) is 18.0 Å². The van der Waals surface area contributed by atoms with Gasteiger partial charge in [0, 0.05) is 25.3 Å². The van der Waals surface area contributed by atoms with Gasteiger partial charge >= 0.3 is 0 Å². The van der Waals surface area contributed by atoms with Gasteiger partial charge in [0.2, 0.25) is 0 Å². The monoisotopic (exact) mass is 192 g/mol. The fourth-order valence-electron chi connectivity index (χ4n) is 1.95. The highest BCUT2D eigenvalue weighted by Crippen LogP contribution is 2.23. The maximum absolute atomic E-state index is 9.45. The van der Waals surface area contributed by atoms with E-state index in [-0.39, 0.29) is 6.10 Å². The Morgan fingerprint density at radius 2 is 2.21 bits per heavy atom. The summed E-state index contributed by atoms with van der Waals surface area (Å²) in [6.45, 7) is 2.22. The summed E-state index contributed by atoms with van der Waals surface area (Å²) in [4.78, 5) is 2.20. The highest BCUT2D eigenvalue weighted by atomic mass is 16.3. The average Bonchev–Trinajstić information content (AvgIpc) is 2.65. The van der Waals surface area contributed by atoms with Crippen LogP contribution in [0.25, 0.3) is 0 Å². The molecule has 1 aromatic rings. The van der Waals surface area contributed by atoms with Crippen LogP contribution in [0.2, 0.25) is 0 Å². The van der Waals surface area contributed by atoms with E-state index in [1.807, 2.05) is 18.2 Å². The van der Waals surface area contributed by atoms with Crippen molar-refractivity contribution in [1.82, 2.24) is 0 Å². The van der Waals surface area contributed by atoms with Crippen LogP contribution >= 0.6 is 0 Å². The molecule has 0 radical (unpaired) electrons. The first-order chi connectivity index (χ1) is 6.81. The molecule has 3 N–H and O–H groups in total. The second kappa shape index (κ2) is 3.98. The molecule has 0 bridgehead atoms. The van der Waals surface area contributed by atoms with Gasteiger partial charge in [0.1, 0.15) is 0 Å². The van der Waals surface area contributed by atoms with Crippen molar-refractivity contribution >= 4 is 5.69 Å². The van der Waals surface area contributed by atoms with Crippen LogP contribution in [-0.4, -0.2) is 24.3 Å². The topological polar surface area (TPSA) is 49.5 Å². The summed E-state index contributed by atoms with van der Waals surface area (Å²) in [7, 11) is 0. The van der Waals surface area contributed by atoms with Gasteiger partial charge < -0.3 is 15.7 Å². The number of aliphatic hydroxyl groups is 1. The maximum Gasteiger partial charge on any atom is 0.0731 e. The minimum absolute atomic E-state index is 0.180. The van der Waals surface area contributed by atoms with Crippen molar-refractivity contribution in [1.29, 1.82) is 0 Å². The van der Waals surface area contributed by atoms with Crippen molar-refractivity contribution in [3.8, 4) is 0 Å². The van der Waals surface area contributed by atoms with Crippen molar-refractivity contribution in [2.24, 2.45) is 5.73 Å². The third kappa shape index (κ3) is 1.74. The Morgan fingerprint density at radius 1 is 1.43 bits per heavy atom. The number of benzene rings is 1. The van der Waals surface area contributed by atoms with Crippen LogP contribution < -0.4 is 10.6 Å². The minimum Gasteiger partial charge on any atom is -0.391 e. The van der Waals surface area contributed by atoms with Crippen molar-refractivity contribution in [3.05, 3.63) is 29.8 Å². The van der Waals surface area contributed by atoms with Gasteiger partial charge in [-0.05, 0) is 18.1 Å². The zero-order valence-corrected chi connectivity index (χ0v) is 8.19. The van der Waals surface area contributed by atoms with E-state index in [0.717, 1.165) is 25.1 Å². The van der Waals surface area contributed by atoms with Crippen LogP contribution in [0.1, 0.15) is 12.0 Å². The molecule has 3 heteroatoms. The van der Waals surface area contributed by atoms with E-state index >= 15 is 0 Å². The number of aliphatic hydroxyl groups excluding tert-OH is 1. The molecule has 1 atom stereocenters. The van der Waals surface area contributed by atoms with Gasteiger partial charge in [0.25, 0.3) is 0 Å². The highest BCUT2D eigenvalue weighted by Gasteiger charge is 2.21. The molecule has 1 aromatic carbocycles. The Labute approximate surface area is 84.1 Å². The lowest BCUT2D eigenvalue weighted by molar-refractivity contribution is 0.198. The SMILES string of the molecule is NCc1ccccc1N1CC[C@@H](O)C1. The largest absolute Gasteiger partial charge is 0.391 e. The van der Waals surface area contributed by atoms with E-state index in [2.05, 4.69) is 11.0 Å². The fourth-order valence-corrected chi connectivity index (χ4v) is 1.95. The summed E-state index contributed by atoms with van der Waals surface area (Å²) in [5, 5.41) is 9.45. The molecule has 1 saturated heterocycles. The van der Waals surface area contributed by atoms with E-state index in [4.69, 9.17) is 5.73 Å². The lowest BCUT2D eigenvalue weighted by Gasteiger charge is -2.20.